The van der Waals surface area contributed by atoms with E-state index in [4.69, 9.17) is 0 Å². The van der Waals surface area contributed by atoms with Gasteiger partial charge in [-0.3, -0.25) is 9.59 Å². The lowest BCUT2D eigenvalue weighted by Crippen LogP contribution is -2.38. The number of Topliss-reactive ketones (excluding diaryl/α,β-unsaturated/α-hetero) is 2. The van der Waals surface area contributed by atoms with Crippen molar-refractivity contribution in [3.63, 3.8) is 0 Å². The molecule has 0 amide bonds. The van der Waals surface area contributed by atoms with Crippen molar-refractivity contribution in [1.29, 1.82) is 0 Å². The summed E-state index contributed by atoms with van der Waals surface area (Å²) in [4.78, 5) is 25.1. The first-order chi connectivity index (χ1) is 8.50. The quantitative estimate of drug-likeness (QED) is 0.612. The van der Waals surface area contributed by atoms with Crippen molar-refractivity contribution in [3.05, 3.63) is 23.3 Å². The maximum Gasteiger partial charge on any atom is 0.163 e. The van der Waals surface area contributed by atoms with E-state index in [1.165, 1.54) is 6.42 Å². The van der Waals surface area contributed by atoms with Gasteiger partial charge in [-0.2, -0.15) is 0 Å². The van der Waals surface area contributed by atoms with Crippen LogP contribution in [0.2, 0.25) is 0 Å². The summed E-state index contributed by atoms with van der Waals surface area (Å²) in [6, 6.07) is 0. The number of rotatable bonds is 0. The molecular formula is C16H18O2. The molecule has 2 saturated carbocycles. The van der Waals surface area contributed by atoms with Gasteiger partial charge < -0.3 is 0 Å². The number of allylic oxidation sites excluding steroid dienone is 4. The van der Waals surface area contributed by atoms with Crippen LogP contribution < -0.4 is 0 Å². The highest BCUT2D eigenvalue weighted by Gasteiger charge is 2.73. The van der Waals surface area contributed by atoms with E-state index in [2.05, 4.69) is 19.1 Å². The van der Waals surface area contributed by atoms with Crippen molar-refractivity contribution >= 4 is 11.6 Å². The molecule has 4 unspecified atom stereocenters. The van der Waals surface area contributed by atoms with Gasteiger partial charge in [-0.1, -0.05) is 19.1 Å². The standard InChI is InChI=1S/C16H18O2/c1-7-6-16(7)10-4-5-11(16)13-12(10)14(17)8(2)9(3)15(13)18/h4-5,7,10-13H,6H2,1-3H3/t7?,10-,11+,12?,13?,16?. The maximum absolute atomic E-state index is 12.5. The average Bonchev–Trinajstić information content (AvgIpc) is 2.78. The zero-order valence-corrected chi connectivity index (χ0v) is 11.1. The first-order valence-electron chi connectivity index (χ1n) is 6.94. The van der Waals surface area contributed by atoms with Crippen LogP contribution in [0.25, 0.3) is 0 Å². The third kappa shape index (κ3) is 0.877. The fourth-order valence-corrected chi connectivity index (χ4v) is 5.10. The molecule has 0 aromatic heterocycles. The summed E-state index contributed by atoms with van der Waals surface area (Å²) in [5, 5.41) is 0. The van der Waals surface area contributed by atoms with Gasteiger partial charge in [0.25, 0.3) is 0 Å². The Morgan fingerprint density at radius 2 is 1.39 bits per heavy atom. The Hall–Kier alpha value is -1.18. The minimum atomic E-state index is -0.0406. The molecule has 0 heterocycles. The van der Waals surface area contributed by atoms with Crippen molar-refractivity contribution in [2.45, 2.75) is 27.2 Å². The monoisotopic (exact) mass is 242 g/mol. The number of hydrogen-bond acceptors (Lipinski definition) is 2. The predicted octanol–water partition coefficient (Wildman–Crippen LogP) is 2.55. The van der Waals surface area contributed by atoms with Crippen molar-refractivity contribution < 1.29 is 9.59 Å². The van der Waals surface area contributed by atoms with Gasteiger partial charge in [0, 0.05) is 11.8 Å². The Balaban J connectivity index is 1.88. The van der Waals surface area contributed by atoms with Gasteiger partial charge >= 0.3 is 0 Å². The first-order valence-corrected chi connectivity index (χ1v) is 6.94. The van der Waals surface area contributed by atoms with Crippen LogP contribution >= 0.6 is 0 Å². The number of hydrogen-bond donors (Lipinski definition) is 0. The molecule has 0 saturated heterocycles. The Kier molecular flexibility index (Phi) is 1.71. The second-order valence-electron chi connectivity index (χ2n) is 6.68. The van der Waals surface area contributed by atoms with Crippen LogP contribution in [-0.4, -0.2) is 11.6 Å². The molecule has 0 N–H and O–H groups in total. The van der Waals surface area contributed by atoms with Gasteiger partial charge in [0.1, 0.15) is 0 Å². The lowest BCUT2D eigenvalue weighted by molar-refractivity contribution is -0.130. The van der Waals surface area contributed by atoms with E-state index in [0.717, 1.165) is 0 Å². The van der Waals surface area contributed by atoms with E-state index in [1.807, 2.05) is 13.8 Å². The molecule has 2 bridgehead atoms. The number of carbonyl (C=O) groups is 2. The molecule has 2 heteroatoms. The van der Waals surface area contributed by atoms with Crippen LogP contribution in [0.4, 0.5) is 0 Å². The van der Waals surface area contributed by atoms with Gasteiger partial charge in [-0.05, 0) is 54.6 Å². The highest BCUT2D eigenvalue weighted by atomic mass is 16.1. The van der Waals surface area contributed by atoms with Crippen LogP contribution in [-0.2, 0) is 9.59 Å². The summed E-state index contributed by atoms with van der Waals surface area (Å²) in [6.45, 7) is 5.92. The number of carbonyl (C=O) groups excluding carboxylic acids is 2. The van der Waals surface area contributed by atoms with Gasteiger partial charge in [-0.25, -0.2) is 0 Å². The van der Waals surface area contributed by atoms with E-state index in [1.54, 1.807) is 0 Å². The molecule has 1 spiro atoms. The van der Waals surface area contributed by atoms with E-state index in [0.29, 0.717) is 28.9 Å². The molecule has 0 aromatic rings. The topological polar surface area (TPSA) is 34.1 Å². The second kappa shape index (κ2) is 2.87. The van der Waals surface area contributed by atoms with E-state index < -0.39 is 0 Å². The Bertz CT molecular complexity index is 511. The van der Waals surface area contributed by atoms with Gasteiger partial charge in [0.05, 0.1) is 0 Å². The fourth-order valence-electron chi connectivity index (χ4n) is 5.10. The van der Waals surface area contributed by atoms with E-state index >= 15 is 0 Å². The summed E-state index contributed by atoms with van der Waals surface area (Å²) in [5.41, 5.74) is 1.70. The molecule has 4 aliphatic rings. The molecule has 0 aromatic carbocycles. The zero-order valence-electron chi connectivity index (χ0n) is 11.1. The molecular weight excluding hydrogens is 224 g/mol. The van der Waals surface area contributed by atoms with E-state index in [-0.39, 0.29) is 28.8 Å². The highest BCUT2D eigenvalue weighted by Crippen LogP contribution is 2.75. The SMILES string of the molecule is CC1=C(C)C(=O)C2C(C1=O)[C@H]1C=C[C@@H]2C12CC2C. The third-order valence-corrected chi connectivity index (χ3v) is 6.25. The molecule has 94 valence electrons. The summed E-state index contributed by atoms with van der Waals surface area (Å²) in [5.74, 6) is 1.75. The summed E-state index contributed by atoms with van der Waals surface area (Å²) in [6.07, 6.45) is 5.66. The molecule has 4 aliphatic carbocycles. The minimum absolute atomic E-state index is 0.0406. The normalized spacial score (nSPS) is 52.5. The second-order valence-corrected chi connectivity index (χ2v) is 6.68. The van der Waals surface area contributed by atoms with Crippen molar-refractivity contribution in [2.75, 3.05) is 0 Å². The largest absolute Gasteiger partial charge is 0.294 e. The lowest BCUT2D eigenvalue weighted by atomic mass is 9.70. The van der Waals surface area contributed by atoms with Crippen LogP contribution in [0.3, 0.4) is 0 Å². The molecule has 2 nitrogen and oxygen atoms in total. The Morgan fingerprint density at radius 3 is 1.72 bits per heavy atom. The summed E-state index contributed by atoms with van der Waals surface area (Å²) in [7, 11) is 0. The molecule has 4 rings (SSSR count). The fraction of sp³-hybridized carbons (Fsp3) is 0.625. The predicted molar refractivity (Wildman–Crippen MR) is 67.7 cm³/mol. The first kappa shape index (κ1) is 10.7. The Morgan fingerprint density at radius 1 is 1.00 bits per heavy atom. The third-order valence-electron chi connectivity index (χ3n) is 6.25. The van der Waals surface area contributed by atoms with Crippen LogP contribution in [0.5, 0.6) is 0 Å². The number of ketones is 2. The molecule has 6 atom stereocenters. The zero-order chi connectivity index (χ0) is 12.8. The van der Waals surface area contributed by atoms with Gasteiger partial charge in [-0.15, -0.1) is 0 Å². The van der Waals surface area contributed by atoms with Crippen LogP contribution in [0, 0.1) is 35.0 Å². The van der Waals surface area contributed by atoms with E-state index in [9.17, 15) is 9.59 Å². The van der Waals surface area contributed by atoms with Crippen LogP contribution in [0.15, 0.2) is 23.3 Å². The summed E-state index contributed by atoms with van der Waals surface area (Å²) >= 11 is 0. The van der Waals surface area contributed by atoms with Gasteiger partial charge in [0.15, 0.2) is 11.6 Å². The summed E-state index contributed by atoms with van der Waals surface area (Å²) < 4.78 is 0. The molecule has 0 radical (unpaired) electrons. The van der Waals surface area contributed by atoms with Crippen molar-refractivity contribution in [2.24, 2.45) is 35.0 Å². The van der Waals surface area contributed by atoms with Crippen molar-refractivity contribution in [3.8, 4) is 0 Å². The molecule has 18 heavy (non-hydrogen) atoms. The minimum Gasteiger partial charge on any atom is -0.294 e. The smallest absolute Gasteiger partial charge is 0.163 e. The average molecular weight is 242 g/mol. The molecule has 2 fully saturated rings. The maximum atomic E-state index is 12.5. The molecule has 0 aliphatic heterocycles. The van der Waals surface area contributed by atoms with Gasteiger partial charge in [0.2, 0.25) is 0 Å². The van der Waals surface area contributed by atoms with Crippen LogP contribution in [0.1, 0.15) is 27.2 Å². The van der Waals surface area contributed by atoms with Crippen molar-refractivity contribution in [1.82, 2.24) is 0 Å². The Labute approximate surface area is 107 Å². The lowest BCUT2D eigenvalue weighted by Gasteiger charge is -2.31. The number of fused-ring (bicyclic) bond motifs is 3. The highest BCUT2D eigenvalue weighted by molar-refractivity contribution is 6.14.